The van der Waals surface area contributed by atoms with Gasteiger partial charge in [0.1, 0.15) is 0 Å². The Labute approximate surface area is 190 Å². The third-order valence-corrected chi connectivity index (χ3v) is 6.68. The van der Waals surface area contributed by atoms with E-state index in [1.807, 2.05) is 19.1 Å². The van der Waals surface area contributed by atoms with Crippen molar-refractivity contribution in [1.29, 1.82) is 0 Å². The molecule has 1 amide bonds. The van der Waals surface area contributed by atoms with Crippen molar-refractivity contribution in [1.82, 2.24) is 0 Å². The van der Waals surface area contributed by atoms with Gasteiger partial charge in [0.25, 0.3) is 10.0 Å². The summed E-state index contributed by atoms with van der Waals surface area (Å²) in [5.41, 5.74) is 4.42. The molecule has 0 saturated heterocycles. The molecule has 0 radical (unpaired) electrons. The molecule has 0 aliphatic heterocycles. The van der Waals surface area contributed by atoms with Crippen molar-refractivity contribution in [3.8, 4) is 0 Å². The van der Waals surface area contributed by atoms with Gasteiger partial charge >= 0.3 is 0 Å². The normalized spacial score (nSPS) is 11.8. The standard InChI is InChI=1S/C26H30N2O3S/c1-19-7-5-6-8-24(19)28-32(30,31)23-16-14-22(15-17-23)27-25(29)18-11-20-9-12-21(13-10-20)26(2,3)4/h5-10,12-17,28H,11,18H2,1-4H3,(H,27,29). The van der Waals surface area contributed by atoms with Gasteiger partial charge in [0, 0.05) is 12.1 Å². The van der Waals surface area contributed by atoms with Gasteiger partial charge in [-0.15, -0.1) is 0 Å². The highest BCUT2D eigenvalue weighted by Crippen LogP contribution is 2.23. The maximum absolute atomic E-state index is 12.6. The van der Waals surface area contributed by atoms with Crippen molar-refractivity contribution >= 4 is 27.3 Å². The number of aryl methyl sites for hydroxylation is 2. The molecule has 3 aromatic carbocycles. The van der Waals surface area contributed by atoms with E-state index in [1.54, 1.807) is 24.3 Å². The highest BCUT2D eigenvalue weighted by molar-refractivity contribution is 7.92. The van der Waals surface area contributed by atoms with Crippen molar-refractivity contribution in [2.24, 2.45) is 0 Å². The van der Waals surface area contributed by atoms with Crippen LogP contribution in [0.5, 0.6) is 0 Å². The Morgan fingerprint density at radius 3 is 2.09 bits per heavy atom. The van der Waals surface area contributed by atoms with Crippen molar-refractivity contribution in [2.75, 3.05) is 10.0 Å². The number of rotatable bonds is 7. The minimum Gasteiger partial charge on any atom is -0.326 e. The molecule has 2 N–H and O–H groups in total. The highest BCUT2D eigenvalue weighted by atomic mass is 32.2. The van der Waals surface area contributed by atoms with Crippen LogP contribution in [0.2, 0.25) is 0 Å². The molecule has 0 spiro atoms. The monoisotopic (exact) mass is 450 g/mol. The number of sulfonamides is 1. The lowest BCUT2D eigenvalue weighted by Gasteiger charge is -2.19. The van der Waals surface area contributed by atoms with Crippen LogP contribution < -0.4 is 10.0 Å². The summed E-state index contributed by atoms with van der Waals surface area (Å²) in [6, 6.07) is 21.7. The van der Waals surface area contributed by atoms with Crippen molar-refractivity contribution in [2.45, 2.75) is 50.8 Å². The molecule has 0 unspecified atom stereocenters. The van der Waals surface area contributed by atoms with Gasteiger partial charge in [0.15, 0.2) is 0 Å². The molecule has 6 heteroatoms. The minimum absolute atomic E-state index is 0.102. The SMILES string of the molecule is Cc1ccccc1NS(=O)(=O)c1ccc(NC(=O)CCc2ccc(C(C)(C)C)cc2)cc1. The van der Waals surface area contributed by atoms with Gasteiger partial charge < -0.3 is 5.32 Å². The summed E-state index contributed by atoms with van der Waals surface area (Å²) >= 11 is 0. The Bertz CT molecular complexity index is 1180. The van der Waals surface area contributed by atoms with E-state index < -0.39 is 10.0 Å². The lowest BCUT2D eigenvalue weighted by molar-refractivity contribution is -0.116. The molecule has 0 aromatic heterocycles. The molecule has 0 fully saturated rings. The number of nitrogens with one attached hydrogen (secondary N) is 2. The van der Waals surface area contributed by atoms with E-state index in [-0.39, 0.29) is 16.2 Å². The lowest BCUT2D eigenvalue weighted by Crippen LogP contribution is -2.15. The fraction of sp³-hybridized carbons (Fsp3) is 0.269. The van der Waals surface area contributed by atoms with Crippen LogP contribution in [-0.4, -0.2) is 14.3 Å². The first kappa shape index (κ1) is 23.5. The largest absolute Gasteiger partial charge is 0.326 e. The number of hydrogen-bond donors (Lipinski definition) is 2. The molecule has 0 aliphatic rings. The number of anilines is 2. The first-order chi connectivity index (χ1) is 15.0. The van der Waals surface area contributed by atoms with Gasteiger partial charge in [-0.2, -0.15) is 0 Å². The van der Waals surface area contributed by atoms with E-state index in [1.165, 1.54) is 17.7 Å². The fourth-order valence-corrected chi connectivity index (χ4v) is 4.39. The van der Waals surface area contributed by atoms with E-state index in [2.05, 4.69) is 55.1 Å². The summed E-state index contributed by atoms with van der Waals surface area (Å²) in [5.74, 6) is -0.112. The first-order valence-corrected chi connectivity index (χ1v) is 12.1. The Morgan fingerprint density at radius 2 is 1.50 bits per heavy atom. The van der Waals surface area contributed by atoms with Crippen LogP contribution in [0, 0.1) is 6.92 Å². The Hall–Kier alpha value is -3.12. The second-order valence-corrected chi connectivity index (χ2v) is 10.6. The Morgan fingerprint density at radius 1 is 0.875 bits per heavy atom. The number of benzene rings is 3. The zero-order chi connectivity index (χ0) is 23.4. The van der Waals surface area contributed by atoms with E-state index in [0.29, 0.717) is 24.2 Å². The first-order valence-electron chi connectivity index (χ1n) is 10.6. The average Bonchev–Trinajstić information content (AvgIpc) is 2.74. The smallest absolute Gasteiger partial charge is 0.261 e. The number of hydrogen-bond acceptors (Lipinski definition) is 3. The topological polar surface area (TPSA) is 75.3 Å². The summed E-state index contributed by atoms with van der Waals surface area (Å²) < 4.78 is 27.9. The van der Waals surface area contributed by atoms with Crippen LogP contribution in [0.25, 0.3) is 0 Å². The quantitative estimate of drug-likeness (QED) is 0.487. The van der Waals surface area contributed by atoms with Crippen molar-refractivity contribution < 1.29 is 13.2 Å². The summed E-state index contributed by atoms with van der Waals surface area (Å²) in [7, 11) is -3.70. The second-order valence-electron chi connectivity index (χ2n) is 8.94. The van der Waals surface area contributed by atoms with Crippen LogP contribution in [-0.2, 0) is 26.7 Å². The van der Waals surface area contributed by atoms with Gasteiger partial charge in [0.05, 0.1) is 10.6 Å². The minimum atomic E-state index is -3.70. The molecule has 3 aromatic rings. The molecule has 0 heterocycles. The van der Waals surface area contributed by atoms with Gasteiger partial charge in [0.2, 0.25) is 5.91 Å². The number of carbonyl (C=O) groups is 1. The molecule has 0 atom stereocenters. The van der Waals surface area contributed by atoms with Crippen LogP contribution in [0.1, 0.15) is 43.9 Å². The molecule has 0 bridgehead atoms. The van der Waals surface area contributed by atoms with E-state index in [9.17, 15) is 13.2 Å². The maximum atomic E-state index is 12.6. The van der Waals surface area contributed by atoms with Crippen LogP contribution in [0.15, 0.2) is 77.7 Å². The molecule has 3 rings (SSSR count). The summed E-state index contributed by atoms with van der Waals surface area (Å²) in [4.78, 5) is 12.5. The van der Waals surface area contributed by atoms with Crippen LogP contribution in [0.3, 0.4) is 0 Å². The maximum Gasteiger partial charge on any atom is 0.261 e. The Kier molecular flexibility index (Phi) is 7.04. The molecule has 5 nitrogen and oxygen atoms in total. The fourth-order valence-electron chi connectivity index (χ4n) is 3.26. The zero-order valence-electron chi connectivity index (χ0n) is 19.0. The predicted octanol–water partition coefficient (Wildman–Crippen LogP) is 5.66. The predicted molar refractivity (Wildman–Crippen MR) is 131 cm³/mol. The van der Waals surface area contributed by atoms with Crippen molar-refractivity contribution in [3.63, 3.8) is 0 Å². The summed E-state index contributed by atoms with van der Waals surface area (Å²) in [6.45, 7) is 8.36. The lowest BCUT2D eigenvalue weighted by atomic mass is 9.86. The van der Waals surface area contributed by atoms with Crippen molar-refractivity contribution in [3.05, 3.63) is 89.5 Å². The highest BCUT2D eigenvalue weighted by Gasteiger charge is 2.16. The number of para-hydroxylation sites is 1. The molecular formula is C26H30N2O3S. The van der Waals surface area contributed by atoms with Gasteiger partial charge in [-0.1, -0.05) is 63.2 Å². The zero-order valence-corrected chi connectivity index (χ0v) is 19.8. The van der Waals surface area contributed by atoms with E-state index in [4.69, 9.17) is 0 Å². The average molecular weight is 451 g/mol. The Balaban J connectivity index is 1.57. The second kappa shape index (κ2) is 9.57. The summed E-state index contributed by atoms with van der Waals surface area (Å²) in [5, 5.41) is 2.83. The van der Waals surface area contributed by atoms with Crippen LogP contribution >= 0.6 is 0 Å². The third kappa shape index (κ3) is 6.20. The molecule has 0 saturated carbocycles. The van der Waals surface area contributed by atoms with E-state index >= 15 is 0 Å². The van der Waals surface area contributed by atoms with Crippen LogP contribution in [0.4, 0.5) is 11.4 Å². The van der Waals surface area contributed by atoms with Gasteiger partial charge in [-0.3, -0.25) is 9.52 Å². The third-order valence-electron chi connectivity index (χ3n) is 5.30. The molecule has 32 heavy (non-hydrogen) atoms. The number of amides is 1. The number of carbonyl (C=O) groups excluding carboxylic acids is 1. The van der Waals surface area contributed by atoms with Gasteiger partial charge in [-0.05, 0) is 65.8 Å². The van der Waals surface area contributed by atoms with Gasteiger partial charge in [-0.25, -0.2) is 8.42 Å². The van der Waals surface area contributed by atoms with E-state index in [0.717, 1.165) is 11.1 Å². The molecule has 168 valence electrons. The molecule has 0 aliphatic carbocycles. The molecular weight excluding hydrogens is 420 g/mol. The summed E-state index contributed by atoms with van der Waals surface area (Å²) in [6.07, 6.45) is 0.993.